The normalized spacial score (nSPS) is 18.0. The number of carbonyl (C=O) groups excluding carboxylic acids is 1. The maximum absolute atomic E-state index is 14.2. The molecule has 2 aromatic heterocycles. The number of amides is 1. The maximum atomic E-state index is 14.2. The molecule has 10 heteroatoms. The number of aromatic nitrogens is 3. The smallest absolute Gasteiger partial charge is 0.257 e. The van der Waals surface area contributed by atoms with Crippen molar-refractivity contribution in [1.29, 1.82) is 0 Å². The molecule has 2 fully saturated rings. The highest BCUT2D eigenvalue weighted by Crippen LogP contribution is 2.52. The zero-order chi connectivity index (χ0) is 28.7. The molecular weight excluding hydrogens is 523 g/mol. The number of rotatable bonds is 8. The van der Waals surface area contributed by atoms with E-state index in [1.807, 2.05) is 33.0 Å². The van der Waals surface area contributed by atoms with Crippen LogP contribution in [-0.2, 0) is 13.0 Å². The number of hydrogen-bond donors (Lipinski definition) is 0. The molecule has 3 aliphatic rings. The first-order valence-corrected chi connectivity index (χ1v) is 14.4. The summed E-state index contributed by atoms with van der Waals surface area (Å²) >= 11 is 0. The molecule has 2 aliphatic heterocycles. The van der Waals surface area contributed by atoms with Crippen molar-refractivity contribution in [3.63, 3.8) is 0 Å². The average Bonchev–Trinajstić information content (AvgIpc) is 2.91. The molecule has 3 aromatic rings. The van der Waals surface area contributed by atoms with Crippen LogP contribution >= 0.6 is 0 Å². The molecule has 1 saturated heterocycles. The molecule has 1 aromatic carbocycles. The molecular formula is C31H37FN6O3. The Morgan fingerprint density at radius 3 is 2.73 bits per heavy atom. The number of pyridine rings is 1. The number of carbonyl (C=O) groups is 1. The number of ether oxygens (including phenoxy) is 2. The Kier molecular flexibility index (Phi) is 7.27. The lowest BCUT2D eigenvalue weighted by molar-refractivity contribution is -0.0352. The van der Waals surface area contributed by atoms with Gasteiger partial charge >= 0.3 is 0 Å². The van der Waals surface area contributed by atoms with Gasteiger partial charge in [-0.3, -0.25) is 9.78 Å². The Hall–Kier alpha value is -3.79. The van der Waals surface area contributed by atoms with Crippen molar-refractivity contribution in [2.24, 2.45) is 5.41 Å². The van der Waals surface area contributed by atoms with Crippen LogP contribution in [0.4, 0.5) is 10.2 Å². The van der Waals surface area contributed by atoms with E-state index in [0.717, 1.165) is 56.9 Å². The van der Waals surface area contributed by atoms with E-state index in [2.05, 4.69) is 31.8 Å². The first kappa shape index (κ1) is 27.4. The van der Waals surface area contributed by atoms with Crippen LogP contribution < -0.4 is 14.4 Å². The number of hydrogen-bond acceptors (Lipinski definition) is 8. The molecule has 1 aliphatic carbocycles. The Morgan fingerprint density at radius 1 is 1.17 bits per heavy atom. The molecule has 216 valence electrons. The van der Waals surface area contributed by atoms with Gasteiger partial charge < -0.3 is 24.2 Å². The molecule has 1 spiro atoms. The summed E-state index contributed by atoms with van der Waals surface area (Å²) < 4.78 is 26.9. The quantitative estimate of drug-likeness (QED) is 0.392. The summed E-state index contributed by atoms with van der Waals surface area (Å²) in [5.41, 5.74) is 2.73. The number of anilines is 1. The van der Waals surface area contributed by atoms with Crippen molar-refractivity contribution in [1.82, 2.24) is 24.8 Å². The summed E-state index contributed by atoms with van der Waals surface area (Å²) in [5.74, 6) is 1.59. The van der Waals surface area contributed by atoms with Crippen molar-refractivity contribution in [2.45, 2.75) is 58.7 Å². The molecule has 1 saturated carbocycles. The molecule has 1 amide bonds. The molecule has 0 unspecified atom stereocenters. The Bertz CT molecular complexity index is 1440. The number of benzene rings is 1. The Balaban J connectivity index is 1.12. The van der Waals surface area contributed by atoms with Crippen LogP contribution in [0, 0.1) is 11.2 Å². The number of likely N-dealkylation sites (N-methyl/N-ethyl adjacent to an activating group) is 1. The third-order valence-corrected chi connectivity index (χ3v) is 8.50. The van der Waals surface area contributed by atoms with Gasteiger partial charge in [-0.15, -0.1) is 0 Å². The summed E-state index contributed by atoms with van der Waals surface area (Å²) in [6.07, 6.45) is 8.06. The fourth-order valence-electron chi connectivity index (χ4n) is 6.39. The van der Waals surface area contributed by atoms with Gasteiger partial charge in [0.25, 0.3) is 5.91 Å². The van der Waals surface area contributed by atoms with E-state index in [1.54, 1.807) is 11.1 Å². The summed E-state index contributed by atoms with van der Waals surface area (Å²) in [6, 6.07) is 5.99. The number of halogens is 1. The topological polar surface area (TPSA) is 83.9 Å². The molecule has 0 N–H and O–H groups in total. The molecule has 9 nitrogen and oxygen atoms in total. The van der Waals surface area contributed by atoms with Crippen LogP contribution in [0.2, 0.25) is 0 Å². The lowest BCUT2D eigenvalue weighted by Gasteiger charge is -2.59. The van der Waals surface area contributed by atoms with Crippen LogP contribution in [0.3, 0.4) is 0 Å². The average molecular weight is 561 g/mol. The Morgan fingerprint density at radius 2 is 1.98 bits per heavy atom. The van der Waals surface area contributed by atoms with E-state index in [0.29, 0.717) is 18.1 Å². The van der Waals surface area contributed by atoms with Crippen molar-refractivity contribution in [3.05, 3.63) is 65.6 Å². The second kappa shape index (κ2) is 10.9. The first-order chi connectivity index (χ1) is 19.7. The summed E-state index contributed by atoms with van der Waals surface area (Å²) in [6.45, 7) is 9.85. The van der Waals surface area contributed by atoms with E-state index in [9.17, 15) is 9.18 Å². The molecule has 4 heterocycles. The monoisotopic (exact) mass is 560 g/mol. The lowest BCUT2D eigenvalue weighted by Crippen LogP contribution is -2.65. The van der Waals surface area contributed by atoms with Gasteiger partial charge in [0.05, 0.1) is 11.8 Å². The third kappa shape index (κ3) is 5.32. The van der Waals surface area contributed by atoms with E-state index >= 15 is 0 Å². The molecule has 41 heavy (non-hydrogen) atoms. The van der Waals surface area contributed by atoms with Crippen LogP contribution in [-0.4, -0.2) is 76.0 Å². The van der Waals surface area contributed by atoms with Crippen molar-refractivity contribution >= 4 is 11.7 Å². The molecule has 0 atom stereocenters. The zero-order valence-electron chi connectivity index (χ0n) is 24.1. The lowest BCUT2D eigenvalue weighted by atomic mass is 9.61. The van der Waals surface area contributed by atoms with Crippen molar-refractivity contribution in [3.8, 4) is 17.2 Å². The summed E-state index contributed by atoms with van der Waals surface area (Å²) in [4.78, 5) is 32.7. The second-order valence-corrected chi connectivity index (χ2v) is 11.9. The predicted octanol–water partition coefficient (Wildman–Crippen LogP) is 4.71. The fraction of sp³-hybridized carbons (Fsp3) is 0.484. The SMILES string of the molecule is CCN(C(=O)c1cc(F)ccc1Oc1cncnc1N1CC2(CC(Oc3ccnc4c3CN(C)CC4)C2)C1)C(C)C. The predicted molar refractivity (Wildman–Crippen MR) is 153 cm³/mol. The van der Waals surface area contributed by atoms with Gasteiger partial charge in [-0.1, -0.05) is 0 Å². The fourth-order valence-corrected chi connectivity index (χ4v) is 6.39. The minimum Gasteiger partial charge on any atom is -0.490 e. The van der Waals surface area contributed by atoms with Gasteiger partial charge in [0.2, 0.25) is 0 Å². The highest BCUT2D eigenvalue weighted by atomic mass is 19.1. The van der Waals surface area contributed by atoms with Crippen LogP contribution in [0.1, 0.15) is 55.2 Å². The summed E-state index contributed by atoms with van der Waals surface area (Å²) in [7, 11) is 2.13. The van der Waals surface area contributed by atoms with Crippen molar-refractivity contribution in [2.75, 3.05) is 38.1 Å². The first-order valence-electron chi connectivity index (χ1n) is 14.4. The van der Waals surface area contributed by atoms with Crippen LogP contribution in [0.25, 0.3) is 0 Å². The molecule has 0 radical (unpaired) electrons. The third-order valence-electron chi connectivity index (χ3n) is 8.50. The number of fused-ring (bicyclic) bond motifs is 1. The highest BCUT2D eigenvalue weighted by Gasteiger charge is 2.54. The van der Waals surface area contributed by atoms with Gasteiger partial charge in [-0.25, -0.2) is 14.4 Å². The van der Waals surface area contributed by atoms with Gasteiger partial charge in [0, 0.05) is 68.1 Å². The second-order valence-electron chi connectivity index (χ2n) is 11.9. The zero-order valence-corrected chi connectivity index (χ0v) is 24.1. The maximum Gasteiger partial charge on any atom is 0.257 e. The molecule has 0 bridgehead atoms. The number of nitrogens with zero attached hydrogens (tertiary/aromatic N) is 6. The van der Waals surface area contributed by atoms with Crippen LogP contribution in [0.5, 0.6) is 17.2 Å². The highest BCUT2D eigenvalue weighted by molar-refractivity contribution is 5.97. The van der Waals surface area contributed by atoms with Gasteiger partial charge in [0.1, 0.15) is 29.7 Å². The molecule has 6 rings (SSSR count). The van der Waals surface area contributed by atoms with E-state index in [-0.39, 0.29) is 34.8 Å². The van der Waals surface area contributed by atoms with E-state index in [4.69, 9.17) is 9.47 Å². The van der Waals surface area contributed by atoms with Crippen LogP contribution in [0.15, 0.2) is 43.0 Å². The van der Waals surface area contributed by atoms with Gasteiger partial charge in [0.15, 0.2) is 11.6 Å². The standard InChI is InChI=1S/C31H37FN6O3/c1-5-38(20(2)3)30(39)23-12-21(32)6-7-26(23)41-28-15-33-19-35-29(28)37-17-31(18-37)13-22(14-31)40-27-8-10-34-25-9-11-36(4)16-24(25)27/h6-8,10,12,15,19-20,22H,5,9,11,13-14,16-18H2,1-4H3. The minimum atomic E-state index is -0.490. The van der Waals surface area contributed by atoms with Crippen molar-refractivity contribution < 1.29 is 18.7 Å². The van der Waals surface area contributed by atoms with Gasteiger partial charge in [-0.05, 0) is 64.9 Å². The van der Waals surface area contributed by atoms with E-state index in [1.165, 1.54) is 30.1 Å². The largest absolute Gasteiger partial charge is 0.490 e. The van der Waals surface area contributed by atoms with Gasteiger partial charge in [-0.2, -0.15) is 0 Å². The Labute approximate surface area is 240 Å². The minimum absolute atomic E-state index is 0.0305. The summed E-state index contributed by atoms with van der Waals surface area (Å²) in [5, 5.41) is 0. The van der Waals surface area contributed by atoms with E-state index < -0.39 is 5.82 Å².